The van der Waals surface area contributed by atoms with Gasteiger partial charge in [-0.05, 0) is 36.5 Å². The fraction of sp³-hybridized carbons (Fsp3) is 0.583. The number of hydrogen-bond donors (Lipinski definition) is 0. The van der Waals surface area contributed by atoms with Gasteiger partial charge in [0.15, 0.2) is 0 Å². The summed E-state index contributed by atoms with van der Waals surface area (Å²) in [5.74, 6) is 0. The van der Waals surface area contributed by atoms with E-state index in [9.17, 15) is 0 Å². The molecule has 0 amide bonds. The van der Waals surface area contributed by atoms with Crippen molar-refractivity contribution in [3.8, 4) is 0 Å². The summed E-state index contributed by atoms with van der Waals surface area (Å²) < 4.78 is 0. The molecular weight excluding hydrogens is 158 g/mol. The van der Waals surface area contributed by atoms with Crippen LogP contribution in [0.4, 0.5) is 0 Å². The van der Waals surface area contributed by atoms with Gasteiger partial charge >= 0.3 is 0 Å². The highest BCUT2D eigenvalue weighted by atomic mass is 14.7. The average molecular weight is 175 g/mol. The molecule has 0 N–H and O–H groups in total. The third kappa shape index (κ3) is 1.48. The standard InChI is InChI=1S/C12H17N/c1-12(2,3)11-10-6-4-5-9(10)7-8-13-11/h7-8H,4-6H2,1-3H3. The summed E-state index contributed by atoms with van der Waals surface area (Å²) in [6.07, 6.45) is 5.76. The molecule has 1 heteroatoms. The summed E-state index contributed by atoms with van der Waals surface area (Å²) in [5.41, 5.74) is 4.56. The molecule has 1 nitrogen and oxygen atoms in total. The van der Waals surface area contributed by atoms with Gasteiger partial charge in [-0.1, -0.05) is 20.8 Å². The SMILES string of the molecule is CC(C)(C)c1nccc2c1CCC2. The lowest BCUT2D eigenvalue weighted by molar-refractivity contribution is 0.561. The zero-order chi connectivity index (χ0) is 9.47. The van der Waals surface area contributed by atoms with Gasteiger partial charge in [0.05, 0.1) is 0 Å². The predicted molar refractivity (Wildman–Crippen MR) is 55.0 cm³/mol. The van der Waals surface area contributed by atoms with Crippen LogP contribution in [-0.2, 0) is 18.3 Å². The highest BCUT2D eigenvalue weighted by Gasteiger charge is 2.23. The van der Waals surface area contributed by atoms with Crippen LogP contribution in [0.25, 0.3) is 0 Å². The van der Waals surface area contributed by atoms with E-state index in [-0.39, 0.29) is 5.41 Å². The van der Waals surface area contributed by atoms with E-state index in [1.807, 2.05) is 6.20 Å². The Hall–Kier alpha value is -0.850. The molecule has 1 aromatic heterocycles. The third-order valence-electron chi connectivity index (χ3n) is 2.74. The summed E-state index contributed by atoms with van der Waals surface area (Å²) in [6.45, 7) is 6.73. The molecule has 0 aromatic carbocycles. The van der Waals surface area contributed by atoms with E-state index in [0.717, 1.165) is 0 Å². The molecule has 0 saturated carbocycles. The van der Waals surface area contributed by atoms with Crippen LogP contribution in [0.3, 0.4) is 0 Å². The van der Waals surface area contributed by atoms with Crippen LogP contribution in [0.15, 0.2) is 12.3 Å². The second-order valence-corrected chi connectivity index (χ2v) is 4.90. The fourth-order valence-corrected chi connectivity index (χ4v) is 2.15. The summed E-state index contributed by atoms with van der Waals surface area (Å²) in [7, 11) is 0. The normalized spacial score (nSPS) is 15.9. The molecule has 0 unspecified atom stereocenters. The van der Waals surface area contributed by atoms with E-state index in [0.29, 0.717) is 0 Å². The van der Waals surface area contributed by atoms with Gasteiger partial charge in [0.25, 0.3) is 0 Å². The summed E-state index contributed by atoms with van der Waals surface area (Å²) in [4.78, 5) is 4.52. The van der Waals surface area contributed by atoms with Crippen molar-refractivity contribution in [3.63, 3.8) is 0 Å². The topological polar surface area (TPSA) is 12.9 Å². The van der Waals surface area contributed by atoms with Crippen molar-refractivity contribution in [1.29, 1.82) is 0 Å². The summed E-state index contributed by atoms with van der Waals surface area (Å²) in [6, 6.07) is 2.18. The van der Waals surface area contributed by atoms with Gasteiger partial charge in [-0.2, -0.15) is 0 Å². The molecule has 0 saturated heterocycles. The molecule has 1 aliphatic carbocycles. The van der Waals surface area contributed by atoms with Crippen LogP contribution in [0, 0.1) is 0 Å². The lowest BCUT2D eigenvalue weighted by Gasteiger charge is -2.20. The second-order valence-electron chi connectivity index (χ2n) is 4.90. The van der Waals surface area contributed by atoms with E-state index < -0.39 is 0 Å². The number of rotatable bonds is 0. The summed E-state index contributed by atoms with van der Waals surface area (Å²) >= 11 is 0. The molecule has 1 heterocycles. The molecule has 2 rings (SSSR count). The summed E-state index contributed by atoms with van der Waals surface area (Å²) in [5, 5.41) is 0. The molecule has 0 bridgehead atoms. The van der Waals surface area contributed by atoms with Crippen molar-refractivity contribution in [1.82, 2.24) is 4.98 Å². The van der Waals surface area contributed by atoms with Crippen LogP contribution >= 0.6 is 0 Å². The van der Waals surface area contributed by atoms with Crippen molar-refractivity contribution in [2.45, 2.75) is 45.4 Å². The number of aromatic nitrogens is 1. The van der Waals surface area contributed by atoms with Crippen molar-refractivity contribution in [3.05, 3.63) is 29.1 Å². The largest absolute Gasteiger partial charge is 0.260 e. The van der Waals surface area contributed by atoms with Crippen LogP contribution in [0.5, 0.6) is 0 Å². The number of hydrogen-bond acceptors (Lipinski definition) is 1. The first-order valence-electron chi connectivity index (χ1n) is 5.06. The minimum atomic E-state index is 0.204. The second kappa shape index (κ2) is 2.83. The lowest BCUT2D eigenvalue weighted by Crippen LogP contribution is -2.16. The van der Waals surface area contributed by atoms with Gasteiger partial charge in [-0.15, -0.1) is 0 Å². The quantitative estimate of drug-likeness (QED) is 0.591. The highest BCUT2D eigenvalue weighted by molar-refractivity contribution is 5.37. The maximum absolute atomic E-state index is 4.52. The van der Waals surface area contributed by atoms with Crippen molar-refractivity contribution < 1.29 is 0 Å². The van der Waals surface area contributed by atoms with Gasteiger partial charge in [0, 0.05) is 17.3 Å². The Morgan fingerprint density at radius 3 is 2.69 bits per heavy atom. The van der Waals surface area contributed by atoms with Crippen molar-refractivity contribution in [2.75, 3.05) is 0 Å². The Kier molecular flexibility index (Phi) is 1.90. The molecule has 0 fully saturated rings. The van der Waals surface area contributed by atoms with Crippen LogP contribution < -0.4 is 0 Å². The molecule has 0 radical (unpaired) electrons. The number of pyridine rings is 1. The number of fused-ring (bicyclic) bond motifs is 1. The first kappa shape index (κ1) is 8.74. The molecular formula is C12H17N. The third-order valence-corrected chi connectivity index (χ3v) is 2.74. The Bertz CT molecular complexity index is 320. The zero-order valence-electron chi connectivity index (χ0n) is 8.72. The first-order chi connectivity index (χ1) is 6.09. The van der Waals surface area contributed by atoms with Gasteiger partial charge in [0.1, 0.15) is 0 Å². The minimum absolute atomic E-state index is 0.204. The van der Waals surface area contributed by atoms with Crippen LogP contribution in [0.1, 0.15) is 44.0 Å². The van der Waals surface area contributed by atoms with E-state index in [1.54, 1.807) is 0 Å². The van der Waals surface area contributed by atoms with Crippen LogP contribution in [-0.4, -0.2) is 4.98 Å². The molecule has 1 aliphatic rings. The van der Waals surface area contributed by atoms with Gasteiger partial charge in [-0.25, -0.2) is 0 Å². The Balaban J connectivity index is 2.54. The highest BCUT2D eigenvalue weighted by Crippen LogP contribution is 2.30. The van der Waals surface area contributed by atoms with Crippen molar-refractivity contribution in [2.24, 2.45) is 0 Å². The van der Waals surface area contributed by atoms with Gasteiger partial charge in [-0.3, -0.25) is 4.98 Å². The minimum Gasteiger partial charge on any atom is -0.260 e. The maximum atomic E-state index is 4.52. The smallest absolute Gasteiger partial charge is 0.0491 e. The Morgan fingerprint density at radius 1 is 1.23 bits per heavy atom. The Labute approximate surface area is 80.2 Å². The van der Waals surface area contributed by atoms with Crippen molar-refractivity contribution >= 4 is 0 Å². The zero-order valence-corrected chi connectivity index (χ0v) is 8.72. The van der Waals surface area contributed by atoms with Crippen LogP contribution in [0.2, 0.25) is 0 Å². The number of aryl methyl sites for hydroxylation is 1. The molecule has 0 aliphatic heterocycles. The Morgan fingerprint density at radius 2 is 2.00 bits per heavy atom. The molecule has 70 valence electrons. The lowest BCUT2D eigenvalue weighted by atomic mass is 9.87. The fourth-order valence-electron chi connectivity index (χ4n) is 2.15. The van der Waals surface area contributed by atoms with E-state index in [1.165, 1.54) is 36.1 Å². The average Bonchev–Trinajstić information content (AvgIpc) is 2.48. The van der Waals surface area contributed by atoms with E-state index in [4.69, 9.17) is 0 Å². The number of nitrogens with zero attached hydrogens (tertiary/aromatic N) is 1. The van der Waals surface area contributed by atoms with E-state index in [2.05, 4.69) is 31.8 Å². The predicted octanol–water partition coefficient (Wildman–Crippen LogP) is 2.87. The van der Waals surface area contributed by atoms with Gasteiger partial charge in [0.2, 0.25) is 0 Å². The van der Waals surface area contributed by atoms with E-state index >= 15 is 0 Å². The molecule has 0 atom stereocenters. The molecule has 0 spiro atoms. The maximum Gasteiger partial charge on any atom is 0.0491 e. The molecule has 1 aromatic rings. The first-order valence-corrected chi connectivity index (χ1v) is 5.06. The monoisotopic (exact) mass is 175 g/mol. The van der Waals surface area contributed by atoms with Gasteiger partial charge < -0.3 is 0 Å². The molecule has 13 heavy (non-hydrogen) atoms.